The van der Waals surface area contributed by atoms with E-state index in [0.29, 0.717) is 35.1 Å². The lowest BCUT2D eigenvalue weighted by atomic mass is 10.1. The minimum Gasteiger partial charge on any atom is -0.495 e. The Morgan fingerprint density at radius 3 is 2.70 bits per heavy atom. The summed E-state index contributed by atoms with van der Waals surface area (Å²) < 4.78 is 5.29. The van der Waals surface area contributed by atoms with Gasteiger partial charge in [0.05, 0.1) is 36.6 Å². The van der Waals surface area contributed by atoms with E-state index in [-0.39, 0.29) is 17.9 Å². The zero-order valence-corrected chi connectivity index (χ0v) is 17.4. The topological polar surface area (TPSA) is 87.7 Å². The first-order valence-corrected chi connectivity index (χ1v) is 10.4. The van der Waals surface area contributed by atoms with Crippen molar-refractivity contribution in [3.05, 3.63) is 47.5 Å². The molecule has 0 unspecified atom stereocenters. The van der Waals surface area contributed by atoms with Crippen LogP contribution in [-0.4, -0.2) is 64.9 Å². The van der Waals surface area contributed by atoms with Crippen molar-refractivity contribution in [3.8, 4) is 5.75 Å². The average molecular weight is 409 g/mol. The number of hydrogen-bond donors (Lipinski definition) is 1. The Bertz CT molecular complexity index is 944. The predicted molar refractivity (Wildman–Crippen MR) is 112 cm³/mol. The van der Waals surface area contributed by atoms with Crippen molar-refractivity contribution in [2.75, 3.05) is 38.6 Å². The van der Waals surface area contributed by atoms with Gasteiger partial charge in [-0.2, -0.15) is 0 Å². The Morgan fingerprint density at radius 2 is 2.00 bits per heavy atom. The number of para-hydroxylation sites is 2. The van der Waals surface area contributed by atoms with Gasteiger partial charge in [-0.1, -0.05) is 12.1 Å². The lowest BCUT2D eigenvalue weighted by molar-refractivity contribution is -0.136. The smallest absolute Gasteiger partial charge is 0.259 e. The largest absolute Gasteiger partial charge is 0.495 e. The van der Waals surface area contributed by atoms with Crippen LogP contribution in [0.2, 0.25) is 0 Å². The van der Waals surface area contributed by atoms with E-state index in [1.807, 2.05) is 24.0 Å². The molecule has 4 rings (SSSR count). The number of nitrogens with one attached hydrogen (secondary N) is 1. The number of benzene rings is 1. The van der Waals surface area contributed by atoms with E-state index in [2.05, 4.69) is 20.2 Å². The van der Waals surface area contributed by atoms with Crippen LogP contribution in [0.4, 0.5) is 5.69 Å². The van der Waals surface area contributed by atoms with Crippen LogP contribution in [0.1, 0.15) is 47.2 Å². The molecule has 158 valence electrons. The summed E-state index contributed by atoms with van der Waals surface area (Å²) >= 11 is 0. The van der Waals surface area contributed by atoms with Crippen molar-refractivity contribution in [2.45, 2.75) is 32.2 Å². The quantitative estimate of drug-likeness (QED) is 0.788. The van der Waals surface area contributed by atoms with Crippen LogP contribution in [0.3, 0.4) is 0 Å². The Kier molecular flexibility index (Phi) is 5.94. The maximum atomic E-state index is 12.8. The van der Waals surface area contributed by atoms with Crippen molar-refractivity contribution < 1.29 is 14.3 Å². The summed E-state index contributed by atoms with van der Waals surface area (Å²) in [7, 11) is 1.56. The van der Waals surface area contributed by atoms with Crippen molar-refractivity contribution in [3.63, 3.8) is 0 Å². The summed E-state index contributed by atoms with van der Waals surface area (Å²) in [6.45, 7) is 4.81. The molecule has 1 aromatic carbocycles. The molecule has 0 saturated carbocycles. The molecule has 30 heavy (non-hydrogen) atoms. The highest BCUT2D eigenvalue weighted by atomic mass is 16.5. The number of likely N-dealkylation sites (tertiary alicyclic amines) is 2. The Balaban J connectivity index is 1.47. The fourth-order valence-electron chi connectivity index (χ4n) is 3.95. The predicted octanol–water partition coefficient (Wildman–Crippen LogP) is 2.42. The number of amides is 2. The van der Waals surface area contributed by atoms with Crippen molar-refractivity contribution in [1.29, 1.82) is 0 Å². The lowest BCUT2D eigenvalue weighted by Gasteiger charge is -2.33. The molecule has 1 aromatic heterocycles. The minimum atomic E-state index is -0.278. The fourth-order valence-corrected chi connectivity index (χ4v) is 3.95. The molecular weight excluding hydrogens is 382 g/mol. The van der Waals surface area contributed by atoms with Gasteiger partial charge in [0.25, 0.3) is 5.91 Å². The second-order valence-corrected chi connectivity index (χ2v) is 7.74. The van der Waals surface area contributed by atoms with Gasteiger partial charge in [-0.15, -0.1) is 0 Å². The van der Waals surface area contributed by atoms with Gasteiger partial charge in [-0.25, -0.2) is 9.97 Å². The van der Waals surface area contributed by atoms with Crippen LogP contribution < -0.4 is 10.1 Å². The first-order valence-electron chi connectivity index (χ1n) is 10.4. The lowest BCUT2D eigenvalue weighted by Crippen LogP contribution is -2.47. The normalized spacial score (nSPS) is 18.7. The molecule has 0 radical (unpaired) electrons. The minimum absolute atomic E-state index is 0.0141. The summed E-state index contributed by atoms with van der Waals surface area (Å²) in [5.74, 6) is 1.17. The number of aryl methyl sites for hydroxylation is 1. The van der Waals surface area contributed by atoms with E-state index in [4.69, 9.17) is 4.74 Å². The summed E-state index contributed by atoms with van der Waals surface area (Å²) in [5, 5.41) is 2.86. The zero-order valence-electron chi connectivity index (χ0n) is 17.4. The Labute approximate surface area is 176 Å². The number of hydrogen-bond acceptors (Lipinski definition) is 6. The molecule has 1 atom stereocenters. The Hall–Kier alpha value is -3.00. The van der Waals surface area contributed by atoms with Crippen LogP contribution in [0.25, 0.3) is 0 Å². The molecule has 2 fully saturated rings. The van der Waals surface area contributed by atoms with Crippen LogP contribution in [0.5, 0.6) is 5.75 Å². The molecule has 2 aromatic rings. The van der Waals surface area contributed by atoms with Crippen LogP contribution in [0.15, 0.2) is 30.5 Å². The summed E-state index contributed by atoms with van der Waals surface area (Å²) in [6, 6.07) is 7.27. The second-order valence-electron chi connectivity index (χ2n) is 7.74. The molecule has 2 amide bonds. The van der Waals surface area contributed by atoms with Gasteiger partial charge in [0.1, 0.15) is 11.6 Å². The van der Waals surface area contributed by atoms with Crippen LogP contribution in [-0.2, 0) is 4.79 Å². The molecule has 2 aliphatic heterocycles. The van der Waals surface area contributed by atoms with E-state index < -0.39 is 0 Å². The van der Waals surface area contributed by atoms with Gasteiger partial charge in [-0.3, -0.25) is 14.5 Å². The van der Waals surface area contributed by atoms with Gasteiger partial charge >= 0.3 is 0 Å². The molecule has 1 N–H and O–H groups in total. The molecule has 8 heteroatoms. The summed E-state index contributed by atoms with van der Waals surface area (Å²) in [4.78, 5) is 38.3. The van der Waals surface area contributed by atoms with E-state index in [0.717, 1.165) is 38.9 Å². The maximum Gasteiger partial charge on any atom is 0.259 e. The third kappa shape index (κ3) is 4.14. The SMILES string of the molecule is COc1ccccc1NC(=O)c1cnc([C@H]2CCCN2CC(=O)N2CCC2)nc1C. The van der Waals surface area contributed by atoms with Crippen molar-refractivity contribution >= 4 is 17.5 Å². The van der Waals surface area contributed by atoms with Crippen LogP contribution >= 0.6 is 0 Å². The van der Waals surface area contributed by atoms with Crippen LogP contribution in [0, 0.1) is 6.92 Å². The molecule has 8 nitrogen and oxygen atoms in total. The highest BCUT2D eigenvalue weighted by Crippen LogP contribution is 2.30. The third-order valence-corrected chi connectivity index (χ3v) is 5.81. The number of carbonyl (C=O) groups excluding carboxylic acids is 2. The number of ether oxygens (including phenoxy) is 1. The third-order valence-electron chi connectivity index (χ3n) is 5.81. The molecule has 0 bridgehead atoms. The number of carbonyl (C=O) groups is 2. The molecular formula is C22H27N5O3. The summed E-state index contributed by atoms with van der Waals surface area (Å²) in [6.07, 6.45) is 4.60. The van der Waals surface area contributed by atoms with E-state index in [1.54, 1.807) is 25.4 Å². The number of rotatable bonds is 6. The van der Waals surface area contributed by atoms with E-state index in [1.165, 1.54) is 0 Å². The number of nitrogens with zero attached hydrogens (tertiary/aromatic N) is 4. The average Bonchev–Trinajstić information content (AvgIpc) is 3.14. The molecule has 2 aliphatic rings. The van der Waals surface area contributed by atoms with E-state index in [9.17, 15) is 9.59 Å². The number of methoxy groups -OCH3 is 1. The van der Waals surface area contributed by atoms with Gasteiger partial charge in [0, 0.05) is 19.3 Å². The highest BCUT2D eigenvalue weighted by molar-refractivity contribution is 6.05. The van der Waals surface area contributed by atoms with Gasteiger partial charge in [0.2, 0.25) is 5.91 Å². The zero-order chi connectivity index (χ0) is 21.1. The van der Waals surface area contributed by atoms with E-state index >= 15 is 0 Å². The van der Waals surface area contributed by atoms with Gasteiger partial charge < -0.3 is 15.0 Å². The first kappa shape index (κ1) is 20.3. The number of aromatic nitrogens is 2. The van der Waals surface area contributed by atoms with Gasteiger partial charge in [-0.05, 0) is 44.9 Å². The number of anilines is 1. The molecule has 2 saturated heterocycles. The van der Waals surface area contributed by atoms with Crippen molar-refractivity contribution in [2.24, 2.45) is 0 Å². The standard InChI is InChI=1S/C22H27N5O3/c1-15-16(22(29)25-17-7-3-4-9-19(17)30-2)13-23-21(24-15)18-8-5-10-27(18)14-20(28)26-11-6-12-26/h3-4,7,9,13,18H,5-6,8,10-12,14H2,1-2H3,(H,25,29)/t18-/m1/s1. The first-order chi connectivity index (χ1) is 14.6. The fraction of sp³-hybridized carbons (Fsp3) is 0.455. The summed E-state index contributed by atoms with van der Waals surface area (Å²) in [5.41, 5.74) is 1.64. The highest BCUT2D eigenvalue weighted by Gasteiger charge is 2.32. The second kappa shape index (κ2) is 8.79. The Morgan fingerprint density at radius 1 is 1.20 bits per heavy atom. The molecule has 0 spiro atoms. The molecule has 3 heterocycles. The monoisotopic (exact) mass is 409 g/mol. The van der Waals surface area contributed by atoms with Gasteiger partial charge in [0.15, 0.2) is 0 Å². The molecule has 0 aliphatic carbocycles. The van der Waals surface area contributed by atoms with Crippen molar-refractivity contribution in [1.82, 2.24) is 19.8 Å². The maximum absolute atomic E-state index is 12.8.